The molecule has 0 spiro atoms. The van der Waals surface area contributed by atoms with Crippen molar-refractivity contribution in [1.29, 1.82) is 0 Å². The van der Waals surface area contributed by atoms with Gasteiger partial charge in [-0.1, -0.05) is 54.2 Å². The SMILES string of the molecule is CN(CC1COc2ccccc2O1)C(=O)CSc1ncc(-c2ccccc2)n1C. The molecule has 0 bridgehead atoms. The third-order valence-electron chi connectivity index (χ3n) is 4.81. The van der Waals surface area contributed by atoms with Crippen molar-refractivity contribution in [1.82, 2.24) is 14.5 Å². The lowest BCUT2D eigenvalue weighted by atomic mass is 10.2. The molecule has 1 aliphatic rings. The van der Waals surface area contributed by atoms with Gasteiger partial charge in [-0.3, -0.25) is 4.79 Å². The number of benzene rings is 2. The molecule has 0 N–H and O–H groups in total. The first kappa shape index (κ1) is 19.4. The summed E-state index contributed by atoms with van der Waals surface area (Å²) in [6.07, 6.45) is 1.66. The molecule has 6 nitrogen and oxygen atoms in total. The number of carbonyl (C=O) groups excluding carboxylic acids is 1. The van der Waals surface area contributed by atoms with Gasteiger partial charge >= 0.3 is 0 Å². The maximum absolute atomic E-state index is 12.6. The number of likely N-dealkylation sites (N-methyl/N-ethyl adjacent to an activating group) is 1. The second-order valence-corrected chi connectivity index (χ2v) is 7.85. The van der Waals surface area contributed by atoms with Crippen LogP contribution in [0.2, 0.25) is 0 Å². The average Bonchev–Trinajstić information content (AvgIpc) is 3.12. The number of hydrogen-bond acceptors (Lipinski definition) is 5. The van der Waals surface area contributed by atoms with Gasteiger partial charge in [-0.05, 0) is 17.7 Å². The number of nitrogens with zero attached hydrogens (tertiary/aromatic N) is 3. The number of thioether (sulfide) groups is 1. The number of carbonyl (C=O) groups is 1. The number of fused-ring (bicyclic) bond motifs is 1. The fourth-order valence-corrected chi connectivity index (χ4v) is 4.09. The first-order chi connectivity index (χ1) is 14.1. The Kier molecular flexibility index (Phi) is 5.76. The highest BCUT2D eigenvalue weighted by Gasteiger charge is 2.24. The van der Waals surface area contributed by atoms with Crippen LogP contribution in [-0.2, 0) is 11.8 Å². The minimum atomic E-state index is -0.179. The Labute approximate surface area is 174 Å². The Bertz CT molecular complexity index is 990. The normalized spacial score (nSPS) is 15.2. The zero-order valence-electron chi connectivity index (χ0n) is 16.4. The second-order valence-electron chi connectivity index (χ2n) is 6.91. The van der Waals surface area contributed by atoms with Crippen LogP contribution in [0, 0.1) is 0 Å². The number of para-hydroxylation sites is 2. The number of ether oxygens (including phenoxy) is 2. The average molecular weight is 410 g/mol. The Balaban J connectivity index is 1.32. The van der Waals surface area contributed by atoms with Crippen molar-refractivity contribution in [3.8, 4) is 22.8 Å². The van der Waals surface area contributed by atoms with E-state index in [4.69, 9.17) is 9.47 Å². The first-order valence-corrected chi connectivity index (χ1v) is 10.4. The third kappa shape index (κ3) is 4.40. The summed E-state index contributed by atoms with van der Waals surface area (Å²) in [5.41, 5.74) is 2.13. The minimum Gasteiger partial charge on any atom is -0.486 e. The van der Waals surface area contributed by atoms with Crippen molar-refractivity contribution in [3.05, 3.63) is 60.8 Å². The molecular weight excluding hydrogens is 386 g/mol. The van der Waals surface area contributed by atoms with Gasteiger partial charge < -0.3 is 18.9 Å². The summed E-state index contributed by atoms with van der Waals surface area (Å²) >= 11 is 1.44. The Hall–Kier alpha value is -2.93. The highest BCUT2D eigenvalue weighted by molar-refractivity contribution is 7.99. The number of imidazole rings is 1. The number of hydrogen-bond donors (Lipinski definition) is 0. The molecule has 1 amide bonds. The summed E-state index contributed by atoms with van der Waals surface area (Å²) in [6.45, 7) is 0.908. The molecule has 1 aromatic heterocycles. The molecule has 0 radical (unpaired) electrons. The van der Waals surface area contributed by atoms with Gasteiger partial charge in [-0.25, -0.2) is 4.98 Å². The number of amides is 1. The van der Waals surface area contributed by atoms with Crippen molar-refractivity contribution in [2.24, 2.45) is 7.05 Å². The van der Waals surface area contributed by atoms with Gasteiger partial charge in [0.15, 0.2) is 22.8 Å². The van der Waals surface area contributed by atoms with Crippen molar-refractivity contribution < 1.29 is 14.3 Å². The predicted molar refractivity (Wildman–Crippen MR) is 113 cm³/mol. The fourth-order valence-electron chi connectivity index (χ4n) is 3.20. The van der Waals surface area contributed by atoms with Crippen LogP contribution in [0.1, 0.15) is 0 Å². The van der Waals surface area contributed by atoms with Gasteiger partial charge in [0.1, 0.15) is 6.61 Å². The zero-order chi connectivity index (χ0) is 20.2. The maximum Gasteiger partial charge on any atom is 0.232 e. The predicted octanol–water partition coefficient (Wildman–Crippen LogP) is 3.48. The lowest BCUT2D eigenvalue weighted by molar-refractivity contribution is -0.128. The molecule has 150 valence electrons. The molecule has 0 aliphatic carbocycles. The van der Waals surface area contributed by atoms with Gasteiger partial charge in [-0.15, -0.1) is 0 Å². The fraction of sp³-hybridized carbons (Fsp3) is 0.273. The van der Waals surface area contributed by atoms with Gasteiger partial charge in [-0.2, -0.15) is 0 Å². The summed E-state index contributed by atoms with van der Waals surface area (Å²) in [7, 11) is 3.76. The molecule has 0 saturated carbocycles. The monoisotopic (exact) mass is 409 g/mol. The minimum absolute atomic E-state index is 0.0294. The van der Waals surface area contributed by atoms with Crippen LogP contribution in [0.25, 0.3) is 11.3 Å². The van der Waals surface area contributed by atoms with E-state index in [1.54, 1.807) is 11.9 Å². The molecule has 2 heterocycles. The van der Waals surface area contributed by atoms with Crippen LogP contribution in [-0.4, -0.2) is 52.4 Å². The van der Waals surface area contributed by atoms with E-state index in [9.17, 15) is 4.79 Å². The second kappa shape index (κ2) is 8.61. The van der Waals surface area contributed by atoms with E-state index in [2.05, 4.69) is 17.1 Å². The molecule has 2 aromatic carbocycles. The van der Waals surface area contributed by atoms with Crippen LogP contribution in [0.15, 0.2) is 66.0 Å². The van der Waals surface area contributed by atoms with E-state index in [0.717, 1.165) is 27.9 Å². The van der Waals surface area contributed by atoms with E-state index in [-0.39, 0.29) is 12.0 Å². The largest absolute Gasteiger partial charge is 0.486 e. The quantitative estimate of drug-likeness (QED) is 0.584. The van der Waals surface area contributed by atoms with Gasteiger partial charge in [0, 0.05) is 14.1 Å². The Morgan fingerprint density at radius 1 is 1.17 bits per heavy atom. The zero-order valence-corrected chi connectivity index (χ0v) is 17.3. The first-order valence-electron chi connectivity index (χ1n) is 9.44. The van der Waals surface area contributed by atoms with Crippen molar-refractivity contribution in [3.63, 3.8) is 0 Å². The highest BCUT2D eigenvalue weighted by Crippen LogP contribution is 2.31. The van der Waals surface area contributed by atoms with Crippen molar-refractivity contribution in [2.45, 2.75) is 11.3 Å². The molecule has 1 atom stereocenters. The van der Waals surface area contributed by atoms with Crippen LogP contribution in [0.5, 0.6) is 11.5 Å². The number of rotatable bonds is 6. The maximum atomic E-state index is 12.6. The lowest BCUT2D eigenvalue weighted by Gasteiger charge is -2.29. The molecule has 4 rings (SSSR count). The third-order valence-corrected chi connectivity index (χ3v) is 5.84. The standard InChI is InChI=1S/C22H23N3O3S/c1-24(13-17-14-27-19-10-6-7-11-20(19)28-17)21(26)15-29-22-23-12-18(25(22)2)16-8-4-3-5-9-16/h3-12,17H,13-15H2,1-2H3. The Morgan fingerprint density at radius 3 is 2.69 bits per heavy atom. The summed E-state index contributed by atoms with van der Waals surface area (Å²) in [4.78, 5) is 18.8. The summed E-state index contributed by atoms with van der Waals surface area (Å²) in [6, 6.07) is 17.7. The van der Waals surface area contributed by atoms with E-state index in [0.29, 0.717) is 18.9 Å². The van der Waals surface area contributed by atoms with Gasteiger partial charge in [0.2, 0.25) is 5.91 Å². The molecule has 0 saturated heterocycles. The van der Waals surface area contributed by atoms with Crippen LogP contribution < -0.4 is 9.47 Å². The van der Waals surface area contributed by atoms with Gasteiger partial charge in [0.05, 0.1) is 24.2 Å². The summed E-state index contributed by atoms with van der Waals surface area (Å²) in [5.74, 6) is 1.82. The summed E-state index contributed by atoms with van der Waals surface area (Å²) < 4.78 is 13.7. The molecule has 29 heavy (non-hydrogen) atoms. The molecular formula is C22H23N3O3S. The van der Waals surface area contributed by atoms with Gasteiger partial charge in [0.25, 0.3) is 0 Å². The van der Waals surface area contributed by atoms with Crippen LogP contribution >= 0.6 is 11.8 Å². The smallest absolute Gasteiger partial charge is 0.232 e. The highest BCUT2D eigenvalue weighted by atomic mass is 32.2. The van der Waals surface area contributed by atoms with Crippen molar-refractivity contribution >= 4 is 17.7 Å². The van der Waals surface area contributed by atoms with E-state index in [1.807, 2.05) is 60.3 Å². The molecule has 3 aromatic rings. The molecule has 1 aliphatic heterocycles. The molecule has 7 heteroatoms. The number of aromatic nitrogens is 2. The van der Waals surface area contributed by atoms with E-state index >= 15 is 0 Å². The van der Waals surface area contributed by atoms with Crippen molar-refractivity contribution in [2.75, 3.05) is 26.0 Å². The van der Waals surface area contributed by atoms with Crippen LogP contribution in [0.4, 0.5) is 0 Å². The topological polar surface area (TPSA) is 56.6 Å². The Morgan fingerprint density at radius 2 is 1.90 bits per heavy atom. The molecule has 1 unspecified atom stereocenters. The molecule has 0 fully saturated rings. The van der Waals surface area contributed by atoms with E-state index < -0.39 is 0 Å². The lowest BCUT2D eigenvalue weighted by Crippen LogP contribution is -2.42. The summed E-state index contributed by atoms with van der Waals surface area (Å²) in [5, 5.41) is 0.816. The van der Waals surface area contributed by atoms with Crippen LogP contribution in [0.3, 0.4) is 0 Å². The van der Waals surface area contributed by atoms with E-state index in [1.165, 1.54) is 11.8 Å².